The molecule has 98 valence electrons. The summed E-state index contributed by atoms with van der Waals surface area (Å²) in [4.78, 5) is 21.9. The van der Waals surface area contributed by atoms with E-state index in [4.69, 9.17) is 5.11 Å². The summed E-state index contributed by atoms with van der Waals surface area (Å²) in [5.41, 5.74) is 1.56. The molecule has 5 heteroatoms. The maximum Gasteiger partial charge on any atom is 0.329 e. The molecule has 0 aliphatic heterocycles. The van der Waals surface area contributed by atoms with Crippen molar-refractivity contribution in [3.8, 4) is 0 Å². The van der Waals surface area contributed by atoms with Crippen molar-refractivity contribution >= 4 is 11.9 Å². The summed E-state index contributed by atoms with van der Waals surface area (Å²) in [6, 6.07) is 5.65. The Labute approximate surface area is 105 Å². The first-order valence-corrected chi connectivity index (χ1v) is 5.72. The fourth-order valence-corrected chi connectivity index (χ4v) is 1.64. The lowest BCUT2D eigenvalue weighted by Crippen LogP contribution is -2.44. The number of hydrogen-bond acceptors (Lipinski definition) is 3. The Kier molecular flexibility index (Phi) is 4.85. The van der Waals surface area contributed by atoms with Crippen LogP contribution in [0.3, 0.4) is 0 Å². The number of aliphatic carboxylic acids is 1. The lowest BCUT2D eigenvalue weighted by atomic mass is 10.0. The van der Waals surface area contributed by atoms with Crippen LogP contribution in [0, 0.1) is 0 Å². The number of aryl methyl sites for hydroxylation is 1. The van der Waals surface area contributed by atoms with Gasteiger partial charge in [0.25, 0.3) is 0 Å². The predicted molar refractivity (Wildman–Crippen MR) is 66.0 cm³/mol. The van der Waals surface area contributed by atoms with Crippen molar-refractivity contribution in [2.24, 2.45) is 0 Å². The second-order valence-electron chi connectivity index (χ2n) is 4.06. The van der Waals surface area contributed by atoms with Gasteiger partial charge in [-0.25, -0.2) is 4.79 Å². The number of aliphatic hydroxyl groups excluding tert-OH is 1. The molecule has 5 nitrogen and oxygen atoms in total. The number of carboxylic acid groups (broad SMARTS) is 1. The van der Waals surface area contributed by atoms with Crippen molar-refractivity contribution in [1.82, 2.24) is 5.32 Å². The molecule has 1 unspecified atom stereocenters. The van der Waals surface area contributed by atoms with Crippen LogP contribution in [-0.4, -0.2) is 28.1 Å². The third-order valence-electron chi connectivity index (χ3n) is 2.67. The van der Waals surface area contributed by atoms with E-state index in [1.165, 1.54) is 6.92 Å². The normalized spacial score (nSPS) is 13.7. The summed E-state index contributed by atoms with van der Waals surface area (Å²) < 4.78 is 0. The highest BCUT2D eigenvalue weighted by Crippen LogP contribution is 2.18. The van der Waals surface area contributed by atoms with Crippen molar-refractivity contribution in [2.75, 3.05) is 0 Å². The van der Waals surface area contributed by atoms with Gasteiger partial charge in [-0.3, -0.25) is 4.79 Å². The predicted octanol–water partition coefficient (Wildman–Crippen LogP) is 0.872. The lowest BCUT2D eigenvalue weighted by molar-refractivity contribution is -0.145. The van der Waals surface area contributed by atoms with Gasteiger partial charge in [0.1, 0.15) is 6.10 Å². The Balaban J connectivity index is 2.90. The average Bonchev–Trinajstić information content (AvgIpc) is 2.34. The van der Waals surface area contributed by atoms with Crippen LogP contribution in [0.5, 0.6) is 0 Å². The first-order chi connectivity index (χ1) is 8.45. The Hall–Kier alpha value is -1.88. The fraction of sp³-hybridized carbons (Fsp3) is 0.385. The van der Waals surface area contributed by atoms with E-state index in [0.29, 0.717) is 5.56 Å². The fourth-order valence-electron chi connectivity index (χ4n) is 1.64. The van der Waals surface area contributed by atoms with E-state index in [-0.39, 0.29) is 0 Å². The first-order valence-electron chi connectivity index (χ1n) is 5.72. The minimum atomic E-state index is -1.34. The maximum absolute atomic E-state index is 11.0. The molecule has 0 spiro atoms. The molecule has 0 saturated heterocycles. The molecule has 1 amide bonds. The van der Waals surface area contributed by atoms with Crippen LogP contribution in [0.1, 0.15) is 31.1 Å². The van der Waals surface area contributed by atoms with Gasteiger partial charge in [0.15, 0.2) is 6.04 Å². The Morgan fingerprint density at radius 2 is 1.83 bits per heavy atom. The second-order valence-corrected chi connectivity index (χ2v) is 4.06. The van der Waals surface area contributed by atoms with Crippen molar-refractivity contribution in [3.63, 3.8) is 0 Å². The minimum absolute atomic E-state index is 0.466. The number of benzene rings is 1. The Morgan fingerprint density at radius 1 is 1.28 bits per heavy atom. The van der Waals surface area contributed by atoms with Crippen molar-refractivity contribution in [2.45, 2.75) is 32.4 Å². The Bertz CT molecular complexity index is 427. The number of carbonyl (C=O) groups excluding carboxylic acids is 1. The van der Waals surface area contributed by atoms with Crippen molar-refractivity contribution in [1.29, 1.82) is 0 Å². The number of nitrogens with one attached hydrogen (secondary N) is 1. The zero-order valence-corrected chi connectivity index (χ0v) is 10.4. The maximum atomic E-state index is 11.0. The summed E-state index contributed by atoms with van der Waals surface area (Å²) in [6.45, 7) is 3.21. The highest BCUT2D eigenvalue weighted by molar-refractivity contribution is 5.82. The van der Waals surface area contributed by atoms with E-state index in [2.05, 4.69) is 5.32 Å². The molecule has 1 rings (SSSR count). The topological polar surface area (TPSA) is 86.6 Å². The van der Waals surface area contributed by atoms with Gasteiger partial charge in [-0.2, -0.15) is 0 Å². The van der Waals surface area contributed by atoms with Gasteiger partial charge in [0, 0.05) is 6.92 Å². The summed E-state index contributed by atoms with van der Waals surface area (Å²) in [5.74, 6) is -1.76. The monoisotopic (exact) mass is 251 g/mol. The molecule has 0 aromatic heterocycles. The molecular formula is C13H17NO4. The van der Waals surface area contributed by atoms with E-state index in [9.17, 15) is 14.7 Å². The quantitative estimate of drug-likeness (QED) is 0.724. The zero-order valence-electron chi connectivity index (χ0n) is 10.4. The van der Waals surface area contributed by atoms with Crippen molar-refractivity contribution < 1.29 is 19.8 Å². The molecule has 1 aromatic carbocycles. The van der Waals surface area contributed by atoms with Crippen LogP contribution < -0.4 is 5.32 Å². The van der Waals surface area contributed by atoms with E-state index in [1.54, 1.807) is 12.1 Å². The van der Waals surface area contributed by atoms with Gasteiger partial charge in [0.2, 0.25) is 5.91 Å². The minimum Gasteiger partial charge on any atom is -0.480 e. The summed E-state index contributed by atoms with van der Waals surface area (Å²) in [6.07, 6.45) is -0.401. The number of amides is 1. The summed E-state index contributed by atoms with van der Waals surface area (Å²) in [7, 11) is 0. The van der Waals surface area contributed by atoms with E-state index < -0.39 is 24.0 Å². The number of aliphatic hydroxyl groups is 1. The second kappa shape index (κ2) is 6.16. The van der Waals surface area contributed by atoms with Crippen LogP contribution in [0.2, 0.25) is 0 Å². The van der Waals surface area contributed by atoms with Gasteiger partial charge >= 0.3 is 5.97 Å². The molecule has 0 aliphatic rings. The van der Waals surface area contributed by atoms with Crippen LogP contribution in [0.25, 0.3) is 0 Å². The lowest BCUT2D eigenvalue weighted by Gasteiger charge is -2.20. The molecule has 0 fully saturated rings. The number of carboxylic acids is 1. The van der Waals surface area contributed by atoms with Crippen LogP contribution in [0.15, 0.2) is 24.3 Å². The van der Waals surface area contributed by atoms with Crippen LogP contribution >= 0.6 is 0 Å². The first kappa shape index (κ1) is 14.2. The molecule has 18 heavy (non-hydrogen) atoms. The molecule has 0 saturated carbocycles. The molecule has 0 aliphatic carbocycles. The van der Waals surface area contributed by atoms with Gasteiger partial charge in [-0.05, 0) is 17.5 Å². The van der Waals surface area contributed by atoms with E-state index in [0.717, 1.165) is 12.0 Å². The molecule has 2 atom stereocenters. The Morgan fingerprint density at radius 3 is 2.22 bits per heavy atom. The molecule has 0 radical (unpaired) electrons. The largest absolute Gasteiger partial charge is 0.480 e. The average molecular weight is 251 g/mol. The molecule has 3 N–H and O–H groups in total. The zero-order chi connectivity index (χ0) is 13.7. The van der Waals surface area contributed by atoms with Crippen molar-refractivity contribution in [3.05, 3.63) is 35.4 Å². The third-order valence-corrected chi connectivity index (χ3v) is 2.67. The number of carbonyl (C=O) groups is 2. The number of rotatable bonds is 5. The molecule has 1 aromatic rings. The molecular weight excluding hydrogens is 234 g/mol. The highest BCUT2D eigenvalue weighted by atomic mass is 16.4. The molecule has 0 heterocycles. The third kappa shape index (κ3) is 3.56. The van der Waals surface area contributed by atoms with Crippen LogP contribution in [0.4, 0.5) is 0 Å². The van der Waals surface area contributed by atoms with Gasteiger partial charge in [-0.15, -0.1) is 0 Å². The van der Waals surface area contributed by atoms with E-state index in [1.807, 2.05) is 19.1 Å². The summed E-state index contributed by atoms with van der Waals surface area (Å²) >= 11 is 0. The summed E-state index contributed by atoms with van der Waals surface area (Å²) in [5, 5.41) is 21.2. The van der Waals surface area contributed by atoms with Gasteiger partial charge in [-0.1, -0.05) is 31.2 Å². The standard InChI is InChI=1S/C13H17NO4/c1-3-9-4-6-10(7-5-9)12(16)11(13(17)18)14-8(2)15/h4-7,11-12,16H,3H2,1-2H3,(H,14,15)(H,17,18)/t11-,12?/m0/s1. The number of hydrogen-bond donors (Lipinski definition) is 3. The highest BCUT2D eigenvalue weighted by Gasteiger charge is 2.28. The van der Waals surface area contributed by atoms with E-state index >= 15 is 0 Å². The van der Waals surface area contributed by atoms with Crippen LogP contribution in [-0.2, 0) is 16.0 Å². The van der Waals surface area contributed by atoms with Gasteiger partial charge in [0.05, 0.1) is 0 Å². The molecule has 0 bridgehead atoms. The SMILES string of the molecule is CCc1ccc(C(O)[C@H](NC(C)=O)C(=O)O)cc1. The van der Waals surface area contributed by atoms with Gasteiger partial charge < -0.3 is 15.5 Å². The smallest absolute Gasteiger partial charge is 0.329 e.